The van der Waals surface area contributed by atoms with E-state index in [0.717, 1.165) is 13.0 Å². The van der Waals surface area contributed by atoms with Crippen LogP contribution < -0.4 is 29.6 Å². The SMILES string of the molecule is CCCCCCCCCCCCOCCOC=O.[H-].[Na+]. The molecule has 0 aliphatic carbocycles. The van der Waals surface area contributed by atoms with Crippen molar-refractivity contribution in [2.45, 2.75) is 71.1 Å². The van der Waals surface area contributed by atoms with Gasteiger partial charge in [0.1, 0.15) is 6.61 Å². The van der Waals surface area contributed by atoms with E-state index in [1.54, 1.807) is 0 Å². The van der Waals surface area contributed by atoms with Crippen LogP contribution in [0.4, 0.5) is 0 Å². The molecule has 0 fully saturated rings. The average molecular weight is 282 g/mol. The van der Waals surface area contributed by atoms with Crippen LogP contribution in [0.5, 0.6) is 0 Å². The van der Waals surface area contributed by atoms with Crippen LogP contribution in [0.3, 0.4) is 0 Å². The Balaban J connectivity index is -0.00000144. The molecule has 0 radical (unpaired) electrons. The van der Waals surface area contributed by atoms with Crippen LogP contribution in [-0.2, 0) is 14.3 Å². The first-order valence-corrected chi connectivity index (χ1v) is 7.54. The third-order valence-electron chi connectivity index (χ3n) is 3.06. The molecule has 0 saturated heterocycles. The monoisotopic (exact) mass is 282 g/mol. The van der Waals surface area contributed by atoms with Crippen molar-refractivity contribution >= 4 is 6.47 Å². The molecular weight excluding hydrogens is 251 g/mol. The van der Waals surface area contributed by atoms with Crippen molar-refractivity contribution < 1.29 is 45.3 Å². The molecule has 0 saturated carbocycles. The van der Waals surface area contributed by atoms with Crippen molar-refractivity contribution in [3.63, 3.8) is 0 Å². The Morgan fingerprint density at radius 3 is 1.84 bits per heavy atom. The number of hydrogen-bond donors (Lipinski definition) is 0. The van der Waals surface area contributed by atoms with Crippen LogP contribution in [-0.4, -0.2) is 26.3 Å². The molecule has 0 unspecified atom stereocenters. The minimum absolute atomic E-state index is 0. The van der Waals surface area contributed by atoms with Gasteiger partial charge in [-0.2, -0.15) is 0 Å². The first-order chi connectivity index (χ1) is 8.91. The van der Waals surface area contributed by atoms with Gasteiger partial charge in [0.15, 0.2) is 0 Å². The minimum atomic E-state index is 0. The first-order valence-electron chi connectivity index (χ1n) is 7.54. The maximum atomic E-state index is 9.85. The molecule has 4 heteroatoms. The third kappa shape index (κ3) is 20.9. The predicted molar refractivity (Wildman–Crippen MR) is 75.8 cm³/mol. The van der Waals surface area contributed by atoms with E-state index in [1.807, 2.05) is 0 Å². The number of carbonyl (C=O) groups excluding carboxylic acids is 1. The summed E-state index contributed by atoms with van der Waals surface area (Å²) in [5.41, 5.74) is 0. The molecule has 0 N–H and O–H groups in total. The number of rotatable bonds is 15. The van der Waals surface area contributed by atoms with Crippen LogP contribution in [0.1, 0.15) is 72.6 Å². The van der Waals surface area contributed by atoms with Crippen molar-refractivity contribution in [1.82, 2.24) is 0 Å². The minimum Gasteiger partial charge on any atom is -1.00 e. The van der Waals surface area contributed by atoms with Crippen LogP contribution in [0.25, 0.3) is 0 Å². The van der Waals surface area contributed by atoms with Crippen LogP contribution in [0.15, 0.2) is 0 Å². The van der Waals surface area contributed by atoms with Crippen molar-refractivity contribution in [3.8, 4) is 0 Å². The Bertz CT molecular complexity index is 171. The van der Waals surface area contributed by atoms with Crippen LogP contribution in [0.2, 0.25) is 0 Å². The summed E-state index contributed by atoms with van der Waals surface area (Å²) in [5.74, 6) is 0. The molecule has 0 spiro atoms. The molecule has 0 aromatic heterocycles. The van der Waals surface area contributed by atoms with Crippen molar-refractivity contribution in [3.05, 3.63) is 0 Å². The molecule has 0 aliphatic rings. The fraction of sp³-hybridized carbons (Fsp3) is 0.933. The molecule has 0 aromatic carbocycles. The molecule has 0 atom stereocenters. The Morgan fingerprint density at radius 1 is 0.789 bits per heavy atom. The molecule has 110 valence electrons. The zero-order valence-electron chi connectivity index (χ0n) is 14.0. The van der Waals surface area contributed by atoms with E-state index in [-0.39, 0.29) is 31.0 Å². The summed E-state index contributed by atoms with van der Waals surface area (Å²) in [6.07, 6.45) is 13.4. The van der Waals surface area contributed by atoms with E-state index in [4.69, 9.17) is 4.74 Å². The second kappa shape index (κ2) is 20.7. The summed E-state index contributed by atoms with van der Waals surface area (Å²) >= 11 is 0. The normalized spacial score (nSPS) is 9.95. The summed E-state index contributed by atoms with van der Waals surface area (Å²) in [6, 6.07) is 0. The fourth-order valence-electron chi connectivity index (χ4n) is 1.95. The molecule has 0 rings (SSSR count). The van der Waals surface area contributed by atoms with E-state index < -0.39 is 0 Å². The van der Waals surface area contributed by atoms with Gasteiger partial charge in [0, 0.05) is 6.61 Å². The number of hydrogen-bond acceptors (Lipinski definition) is 3. The number of carbonyl (C=O) groups is 1. The second-order valence-electron chi connectivity index (χ2n) is 4.76. The standard InChI is InChI=1S/C15H30O3.Na.H/c1-2-3-4-5-6-7-8-9-10-11-12-17-13-14-18-15-16;;/h15H,2-14H2,1H3;;/q;+1;-1. The van der Waals surface area contributed by atoms with Gasteiger partial charge in [0.2, 0.25) is 0 Å². The molecule has 0 heterocycles. The zero-order chi connectivity index (χ0) is 13.3. The molecule has 19 heavy (non-hydrogen) atoms. The summed E-state index contributed by atoms with van der Waals surface area (Å²) in [6.45, 7) is 4.41. The van der Waals surface area contributed by atoms with Gasteiger partial charge in [0.25, 0.3) is 6.47 Å². The Kier molecular flexibility index (Phi) is 23.7. The van der Waals surface area contributed by atoms with E-state index in [1.165, 1.54) is 57.8 Å². The summed E-state index contributed by atoms with van der Waals surface area (Å²) in [4.78, 5) is 9.85. The Labute approximate surface area is 142 Å². The van der Waals surface area contributed by atoms with E-state index >= 15 is 0 Å². The van der Waals surface area contributed by atoms with Gasteiger partial charge in [0.05, 0.1) is 6.61 Å². The summed E-state index contributed by atoms with van der Waals surface area (Å²) < 4.78 is 9.85. The topological polar surface area (TPSA) is 35.5 Å². The molecule has 0 aromatic rings. The fourth-order valence-corrected chi connectivity index (χ4v) is 1.95. The van der Waals surface area contributed by atoms with Crippen molar-refractivity contribution in [2.24, 2.45) is 0 Å². The largest absolute Gasteiger partial charge is 1.00 e. The van der Waals surface area contributed by atoms with Gasteiger partial charge in [-0.25, -0.2) is 0 Å². The van der Waals surface area contributed by atoms with Gasteiger partial charge >= 0.3 is 29.6 Å². The summed E-state index contributed by atoms with van der Waals surface area (Å²) in [7, 11) is 0. The maximum Gasteiger partial charge on any atom is 1.00 e. The van der Waals surface area contributed by atoms with Gasteiger partial charge in [-0.15, -0.1) is 0 Å². The molecule has 0 aliphatic heterocycles. The Hall–Kier alpha value is 0.430. The first kappa shape index (κ1) is 21.7. The molecule has 0 bridgehead atoms. The van der Waals surface area contributed by atoms with Crippen LogP contribution in [0, 0.1) is 0 Å². The predicted octanol–water partition coefficient (Wildman–Crippen LogP) is 1.21. The second-order valence-corrected chi connectivity index (χ2v) is 4.76. The van der Waals surface area contributed by atoms with Crippen LogP contribution >= 0.6 is 0 Å². The van der Waals surface area contributed by atoms with Gasteiger partial charge in [-0.1, -0.05) is 64.7 Å². The number of unbranched alkanes of at least 4 members (excludes halogenated alkanes) is 9. The van der Waals surface area contributed by atoms with Gasteiger partial charge in [-0.3, -0.25) is 4.79 Å². The summed E-state index contributed by atoms with van der Waals surface area (Å²) in [5, 5.41) is 0. The van der Waals surface area contributed by atoms with E-state index in [9.17, 15) is 4.79 Å². The van der Waals surface area contributed by atoms with Crippen molar-refractivity contribution in [1.29, 1.82) is 0 Å². The number of ether oxygens (including phenoxy) is 2. The van der Waals surface area contributed by atoms with E-state index in [0.29, 0.717) is 19.7 Å². The molecule has 0 amide bonds. The molecule has 3 nitrogen and oxygen atoms in total. The molecular formula is C15H31NaO3. The van der Waals surface area contributed by atoms with Gasteiger partial charge in [-0.05, 0) is 6.42 Å². The quantitative estimate of drug-likeness (QED) is 0.257. The van der Waals surface area contributed by atoms with Crippen molar-refractivity contribution in [2.75, 3.05) is 19.8 Å². The zero-order valence-corrected chi connectivity index (χ0v) is 15.0. The van der Waals surface area contributed by atoms with Gasteiger partial charge < -0.3 is 10.9 Å². The Morgan fingerprint density at radius 2 is 1.32 bits per heavy atom. The average Bonchev–Trinajstić information content (AvgIpc) is 2.39. The third-order valence-corrected chi connectivity index (χ3v) is 3.06. The van der Waals surface area contributed by atoms with E-state index in [2.05, 4.69) is 11.7 Å². The smallest absolute Gasteiger partial charge is 1.00 e. The maximum absolute atomic E-state index is 9.85.